The lowest BCUT2D eigenvalue weighted by molar-refractivity contribution is -0.135. The molecule has 0 saturated heterocycles. The number of likely N-dealkylation sites (N-methyl/N-ethyl adjacent to an activating group) is 1. The Hall–Kier alpha value is -4.31. The van der Waals surface area contributed by atoms with Crippen molar-refractivity contribution < 1.29 is 19.6 Å². The van der Waals surface area contributed by atoms with E-state index in [1.807, 2.05) is 71.2 Å². The second-order valence-electron chi connectivity index (χ2n) is 12.6. The van der Waals surface area contributed by atoms with Crippen molar-refractivity contribution in [1.82, 2.24) is 15.5 Å². The van der Waals surface area contributed by atoms with Gasteiger partial charge in [0.25, 0.3) is 5.91 Å². The molecule has 3 aromatic rings. The number of carbonyl (C=O) groups excluding carboxylic acids is 1. The Bertz CT molecular complexity index is 1730. The minimum Gasteiger partial charge on any atom is -0.423 e. The third-order valence-corrected chi connectivity index (χ3v) is 9.07. The molecule has 0 spiro atoms. The fraction of sp³-hybridized carbons (Fsp3) is 0.310. The molecule has 7 nitrogen and oxygen atoms in total. The Morgan fingerprint density at radius 3 is 2.40 bits per heavy atom. The summed E-state index contributed by atoms with van der Waals surface area (Å²) in [6, 6.07) is 23.7. The van der Waals surface area contributed by atoms with E-state index >= 15 is 0 Å². The van der Waals surface area contributed by atoms with E-state index in [0.29, 0.717) is 31.7 Å². The van der Waals surface area contributed by atoms with Crippen molar-refractivity contribution >= 4 is 35.7 Å². The van der Waals surface area contributed by atoms with Gasteiger partial charge < -0.3 is 25.4 Å². The van der Waals surface area contributed by atoms with Crippen molar-refractivity contribution in [2.45, 2.75) is 52.3 Å². The fourth-order valence-electron chi connectivity index (χ4n) is 6.72. The van der Waals surface area contributed by atoms with Gasteiger partial charge in [-0.3, -0.25) is 9.69 Å². The summed E-state index contributed by atoms with van der Waals surface area (Å²) >= 11 is 0. The summed E-state index contributed by atoms with van der Waals surface area (Å²) in [6.45, 7) is 14.1. The molecule has 50 heavy (non-hydrogen) atoms. The summed E-state index contributed by atoms with van der Waals surface area (Å²) in [6.07, 6.45) is 11.5. The highest BCUT2D eigenvalue weighted by Crippen LogP contribution is 2.43. The van der Waals surface area contributed by atoms with Gasteiger partial charge in [-0.15, -0.1) is 0 Å². The highest BCUT2D eigenvalue weighted by molar-refractivity contribution is 6.59. The lowest BCUT2D eigenvalue weighted by Crippen LogP contribution is -2.49. The van der Waals surface area contributed by atoms with Crippen LogP contribution in [0.3, 0.4) is 0 Å². The fourth-order valence-corrected chi connectivity index (χ4v) is 6.72. The predicted molar refractivity (Wildman–Crippen MR) is 209 cm³/mol. The van der Waals surface area contributed by atoms with Crippen LogP contribution in [-0.2, 0) is 16.1 Å². The van der Waals surface area contributed by atoms with Gasteiger partial charge in [0.1, 0.15) is 6.10 Å². The topological polar surface area (TPSA) is 94.1 Å². The number of carbonyl (C=O) groups is 1. The maximum Gasteiger partial charge on any atom is 0.488 e. The van der Waals surface area contributed by atoms with Crippen LogP contribution in [0.2, 0.25) is 0 Å². The van der Waals surface area contributed by atoms with E-state index in [1.165, 1.54) is 11.1 Å². The van der Waals surface area contributed by atoms with Gasteiger partial charge in [0.05, 0.1) is 6.61 Å². The Kier molecular flexibility index (Phi) is 14.8. The molecule has 4 rings (SSSR count). The highest BCUT2D eigenvalue weighted by Gasteiger charge is 2.32. The summed E-state index contributed by atoms with van der Waals surface area (Å²) in [5.41, 5.74) is 8.99. The second-order valence-corrected chi connectivity index (χ2v) is 12.6. The van der Waals surface area contributed by atoms with E-state index < -0.39 is 13.2 Å². The maximum absolute atomic E-state index is 14.1. The summed E-state index contributed by atoms with van der Waals surface area (Å²) in [5.74, 6) is -0.249. The van der Waals surface area contributed by atoms with E-state index in [9.17, 15) is 14.8 Å². The highest BCUT2D eigenvalue weighted by atomic mass is 16.5. The first-order chi connectivity index (χ1) is 24.3. The molecule has 3 atom stereocenters. The van der Waals surface area contributed by atoms with Gasteiger partial charge in [0, 0.05) is 38.1 Å². The largest absolute Gasteiger partial charge is 0.488 e. The second kappa shape index (κ2) is 19.2. The molecule has 0 aliphatic heterocycles. The Morgan fingerprint density at radius 1 is 1.00 bits per heavy atom. The number of fused-ring (bicyclic) bond motifs is 1. The molecular weight excluding hydrogens is 621 g/mol. The smallest absolute Gasteiger partial charge is 0.423 e. The first kappa shape index (κ1) is 38.5. The van der Waals surface area contributed by atoms with E-state index in [2.05, 4.69) is 82.8 Å². The quantitative estimate of drug-likeness (QED) is 0.129. The van der Waals surface area contributed by atoms with Crippen LogP contribution in [0.1, 0.15) is 61.4 Å². The minimum atomic E-state index is -1.63. The maximum atomic E-state index is 14.1. The number of hydrogen-bond donors (Lipinski definition) is 4. The number of benzene rings is 3. The summed E-state index contributed by atoms with van der Waals surface area (Å²) in [7, 11) is 0.235. The number of hydrogen-bond acceptors (Lipinski definition) is 6. The third-order valence-electron chi connectivity index (χ3n) is 9.07. The van der Waals surface area contributed by atoms with Gasteiger partial charge >= 0.3 is 7.12 Å². The third kappa shape index (κ3) is 9.68. The Balaban J connectivity index is 1.73. The SMILES string of the molecule is C=Cc1ccccc1/C(=C\C)CN(Cc1ccccc1B(O)O)CC(OCC1C(/C=C\C)=C(/C=C\C)c2ccccc21)C(=O)N[C@@H](C)CNC. The van der Waals surface area contributed by atoms with E-state index in [4.69, 9.17) is 4.74 Å². The van der Waals surface area contributed by atoms with Crippen molar-refractivity contribution in [2.24, 2.45) is 0 Å². The van der Waals surface area contributed by atoms with E-state index in [0.717, 1.165) is 33.4 Å². The van der Waals surface area contributed by atoms with Gasteiger partial charge in [-0.1, -0.05) is 116 Å². The van der Waals surface area contributed by atoms with E-state index in [1.54, 1.807) is 12.1 Å². The first-order valence-corrected chi connectivity index (χ1v) is 17.4. The molecule has 262 valence electrons. The molecule has 1 aliphatic carbocycles. The molecular formula is C42H52BN3O4. The van der Waals surface area contributed by atoms with Gasteiger partial charge in [0.15, 0.2) is 0 Å². The zero-order valence-corrected chi connectivity index (χ0v) is 30.1. The average Bonchev–Trinajstić information content (AvgIpc) is 3.40. The monoisotopic (exact) mass is 673 g/mol. The normalized spacial score (nSPS) is 15.9. The van der Waals surface area contributed by atoms with Crippen LogP contribution < -0.4 is 16.1 Å². The molecule has 1 amide bonds. The molecule has 0 heterocycles. The van der Waals surface area contributed by atoms with Crippen LogP contribution in [0, 0.1) is 0 Å². The minimum absolute atomic E-state index is 0.0529. The molecule has 3 aromatic carbocycles. The molecule has 0 saturated carbocycles. The van der Waals surface area contributed by atoms with Crippen LogP contribution in [0.4, 0.5) is 0 Å². The van der Waals surface area contributed by atoms with Crippen LogP contribution in [0.25, 0.3) is 17.2 Å². The Labute approximate surface area is 298 Å². The van der Waals surface area contributed by atoms with Crippen molar-refractivity contribution in [1.29, 1.82) is 0 Å². The standard InChI is InChI=1S/C42H52BN3O4/c1-7-17-35-36(18-8-2)39(38-23-15-14-22-37(35)38)29-50-41(42(47)45-30(5)25-44-6)28-46(27-33-20-12-16-24-40(33)43(48)49)26-32(10-4)34-21-13-11-19-31(34)9-3/h7-24,30,39,41,44,48-49H,3,25-29H2,1-2,4-6H3,(H,45,47)/b17-7-,18-8-,32-10-/t30-,39?,41?/m0/s1. The molecule has 0 fully saturated rings. The molecule has 4 N–H and O–H groups in total. The first-order valence-electron chi connectivity index (χ1n) is 17.4. The Morgan fingerprint density at radius 2 is 1.70 bits per heavy atom. The van der Waals surface area contributed by atoms with Gasteiger partial charge in [-0.25, -0.2) is 0 Å². The molecule has 0 radical (unpaired) electrons. The average molecular weight is 674 g/mol. The lowest BCUT2D eigenvalue weighted by Gasteiger charge is -2.30. The van der Waals surface area contributed by atoms with Crippen LogP contribution in [0.5, 0.6) is 0 Å². The molecule has 1 aliphatic rings. The lowest BCUT2D eigenvalue weighted by atomic mass is 9.77. The van der Waals surface area contributed by atoms with Gasteiger partial charge in [0.2, 0.25) is 0 Å². The number of nitrogens with one attached hydrogen (secondary N) is 2. The summed E-state index contributed by atoms with van der Waals surface area (Å²) < 4.78 is 6.74. The van der Waals surface area contributed by atoms with Crippen molar-refractivity contribution in [3.8, 4) is 0 Å². The predicted octanol–water partition coefficient (Wildman–Crippen LogP) is 5.73. The van der Waals surface area contributed by atoms with Crippen molar-refractivity contribution in [2.75, 3.05) is 33.3 Å². The van der Waals surface area contributed by atoms with Gasteiger partial charge in [-0.05, 0) is 84.7 Å². The number of nitrogens with zero attached hydrogens (tertiary/aromatic N) is 1. The number of allylic oxidation sites excluding steroid dienone is 6. The van der Waals surface area contributed by atoms with Gasteiger partial charge in [-0.2, -0.15) is 0 Å². The van der Waals surface area contributed by atoms with Crippen molar-refractivity contribution in [3.05, 3.63) is 143 Å². The number of amides is 1. The molecule has 8 heteroatoms. The zero-order chi connectivity index (χ0) is 36.0. The van der Waals surface area contributed by atoms with Crippen molar-refractivity contribution in [3.63, 3.8) is 0 Å². The van der Waals surface area contributed by atoms with Crippen LogP contribution in [0.15, 0.2) is 115 Å². The van der Waals surface area contributed by atoms with E-state index in [-0.39, 0.29) is 24.4 Å². The number of rotatable bonds is 18. The summed E-state index contributed by atoms with van der Waals surface area (Å²) in [5, 5.41) is 26.8. The van der Waals surface area contributed by atoms with Crippen LogP contribution >= 0.6 is 0 Å². The number of ether oxygens (including phenoxy) is 1. The molecule has 2 unspecified atom stereocenters. The molecule has 0 aromatic heterocycles. The molecule has 0 bridgehead atoms. The summed E-state index contributed by atoms with van der Waals surface area (Å²) in [4.78, 5) is 16.3. The zero-order valence-electron chi connectivity index (χ0n) is 30.1. The van der Waals surface area contributed by atoms with Crippen LogP contribution in [-0.4, -0.2) is 73.4 Å².